The number of ether oxygens (including phenoxy) is 1. The van der Waals surface area contributed by atoms with E-state index in [-0.39, 0.29) is 32.0 Å². The number of nitro benzene ring substituents is 1. The van der Waals surface area contributed by atoms with Gasteiger partial charge in [0.15, 0.2) is 6.10 Å². The van der Waals surface area contributed by atoms with Crippen LogP contribution >= 0.6 is 34.8 Å². The molecule has 1 aliphatic heterocycles. The smallest absolute Gasteiger partial charge is 0.339 e. The van der Waals surface area contributed by atoms with Gasteiger partial charge < -0.3 is 15.0 Å². The maximum atomic E-state index is 12.6. The molecule has 8 nitrogen and oxygen atoms in total. The summed E-state index contributed by atoms with van der Waals surface area (Å²) in [5.74, 6) is -1.09. The summed E-state index contributed by atoms with van der Waals surface area (Å²) >= 11 is 17.9. The molecule has 2 atom stereocenters. The highest BCUT2D eigenvalue weighted by molar-refractivity contribution is 6.44. The Labute approximate surface area is 205 Å². The second-order valence-electron chi connectivity index (χ2n) is 7.94. The number of hydrogen-bond donors (Lipinski definition) is 1. The SMILES string of the molecule is C[C@H]1CCCN(c2ccc(C(=O)O[C@H](C)C(=O)Nc3cc(Cl)c(Cl)cc3Cl)cc2[N+](=O)[O-])C1. The molecule has 1 amide bonds. The molecule has 2 aromatic carbocycles. The molecule has 0 aliphatic carbocycles. The Kier molecular flexibility index (Phi) is 8.05. The summed E-state index contributed by atoms with van der Waals surface area (Å²) in [6.45, 7) is 4.89. The number of hydrogen-bond acceptors (Lipinski definition) is 6. The highest BCUT2D eigenvalue weighted by Gasteiger charge is 2.27. The van der Waals surface area contributed by atoms with E-state index >= 15 is 0 Å². The second kappa shape index (κ2) is 10.6. The summed E-state index contributed by atoms with van der Waals surface area (Å²) in [4.78, 5) is 38.1. The lowest BCUT2D eigenvalue weighted by Crippen LogP contribution is -2.34. The van der Waals surface area contributed by atoms with Crippen LogP contribution in [0.3, 0.4) is 0 Å². The van der Waals surface area contributed by atoms with E-state index in [0.29, 0.717) is 24.7 Å². The van der Waals surface area contributed by atoms with Gasteiger partial charge in [-0.2, -0.15) is 0 Å². The van der Waals surface area contributed by atoms with Crippen LogP contribution in [-0.4, -0.2) is 36.0 Å². The number of anilines is 2. The lowest BCUT2D eigenvalue weighted by molar-refractivity contribution is -0.384. The van der Waals surface area contributed by atoms with Gasteiger partial charge >= 0.3 is 5.97 Å². The van der Waals surface area contributed by atoms with Gasteiger partial charge in [0.1, 0.15) is 5.69 Å². The quantitative estimate of drug-likeness (QED) is 0.220. The third-order valence-corrected chi connectivity index (χ3v) is 6.36. The molecule has 0 radical (unpaired) electrons. The van der Waals surface area contributed by atoms with Gasteiger partial charge in [0, 0.05) is 19.2 Å². The zero-order valence-electron chi connectivity index (χ0n) is 17.9. The van der Waals surface area contributed by atoms with Crippen molar-refractivity contribution in [3.8, 4) is 0 Å². The minimum Gasteiger partial charge on any atom is -0.449 e. The molecule has 1 saturated heterocycles. The minimum atomic E-state index is -1.20. The summed E-state index contributed by atoms with van der Waals surface area (Å²) < 4.78 is 5.21. The third kappa shape index (κ3) is 6.07. The first-order valence-corrected chi connectivity index (χ1v) is 11.4. The normalized spacial score (nSPS) is 16.8. The number of rotatable bonds is 6. The van der Waals surface area contributed by atoms with Gasteiger partial charge in [-0.1, -0.05) is 41.7 Å². The van der Waals surface area contributed by atoms with Crippen molar-refractivity contribution in [2.24, 2.45) is 5.92 Å². The van der Waals surface area contributed by atoms with Crippen molar-refractivity contribution in [2.75, 3.05) is 23.3 Å². The molecule has 2 aromatic rings. The van der Waals surface area contributed by atoms with Crippen LogP contribution in [0.2, 0.25) is 15.1 Å². The Morgan fingerprint density at radius 2 is 1.88 bits per heavy atom. The average molecular weight is 515 g/mol. The fourth-order valence-corrected chi connectivity index (χ4v) is 4.20. The molecule has 33 heavy (non-hydrogen) atoms. The van der Waals surface area contributed by atoms with Crippen molar-refractivity contribution < 1.29 is 19.2 Å². The minimum absolute atomic E-state index is 0.0253. The zero-order chi connectivity index (χ0) is 24.3. The van der Waals surface area contributed by atoms with Crippen molar-refractivity contribution in [3.05, 3.63) is 61.1 Å². The largest absolute Gasteiger partial charge is 0.449 e. The predicted molar refractivity (Wildman–Crippen MR) is 129 cm³/mol. The van der Waals surface area contributed by atoms with Crippen LogP contribution in [0.25, 0.3) is 0 Å². The second-order valence-corrected chi connectivity index (χ2v) is 9.16. The van der Waals surface area contributed by atoms with E-state index in [1.54, 1.807) is 6.07 Å². The molecule has 0 bridgehead atoms. The number of carbonyl (C=O) groups excluding carboxylic acids is 2. The van der Waals surface area contributed by atoms with Gasteiger partial charge in [-0.3, -0.25) is 14.9 Å². The third-order valence-electron chi connectivity index (χ3n) is 5.33. The van der Waals surface area contributed by atoms with E-state index in [4.69, 9.17) is 39.5 Å². The number of piperidine rings is 1. The van der Waals surface area contributed by atoms with Crippen molar-refractivity contribution in [2.45, 2.75) is 32.8 Å². The predicted octanol–water partition coefficient (Wildman–Crippen LogP) is 5.98. The Hall–Kier alpha value is -2.55. The maximum absolute atomic E-state index is 12.6. The Bertz CT molecular complexity index is 1100. The standard InChI is InChI=1S/C22H22Cl3N3O5/c1-12-4-3-7-27(11-12)19-6-5-14(8-20(19)28(31)32)22(30)33-13(2)21(29)26-18-10-16(24)15(23)9-17(18)25/h5-6,8-10,12-13H,3-4,7,11H2,1-2H3,(H,26,29)/t12-,13+/m0/s1. The number of nitro groups is 1. The van der Waals surface area contributed by atoms with Crippen LogP contribution < -0.4 is 10.2 Å². The van der Waals surface area contributed by atoms with Gasteiger partial charge in [0.2, 0.25) is 0 Å². The molecule has 0 saturated carbocycles. The van der Waals surface area contributed by atoms with Crippen LogP contribution in [-0.2, 0) is 9.53 Å². The van der Waals surface area contributed by atoms with Gasteiger partial charge in [0.05, 0.1) is 31.2 Å². The van der Waals surface area contributed by atoms with Gasteiger partial charge in [-0.25, -0.2) is 4.79 Å². The number of nitrogens with zero attached hydrogens (tertiary/aromatic N) is 2. The topological polar surface area (TPSA) is 102 Å². The number of esters is 1. The molecule has 1 aliphatic rings. The van der Waals surface area contributed by atoms with Crippen LogP contribution in [0.4, 0.5) is 17.1 Å². The van der Waals surface area contributed by atoms with Crippen molar-refractivity contribution in [3.63, 3.8) is 0 Å². The van der Waals surface area contributed by atoms with Gasteiger partial charge in [0.25, 0.3) is 11.6 Å². The van der Waals surface area contributed by atoms with Crippen molar-refractivity contribution >= 4 is 63.7 Å². The van der Waals surface area contributed by atoms with Crippen LogP contribution in [0.5, 0.6) is 0 Å². The molecule has 176 valence electrons. The summed E-state index contributed by atoms with van der Waals surface area (Å²) in [5.41, 5.74) is 0.457. The number of carbonyl (C=O) groups is 2. The monoisotopic (exact) mass is 513 g/mol. The van der Waals surface area contributed by atoms with E-state index in [0.717, 1.165) is 12.8 Å². The van der Waals surface area contributed by atoms with Crippen LogP contribution in [0.1, 0.15) is 37.0 Å². The highest BCUT2D eigenvalue weighted by atomic mass is 35.5. The first-order chi connectivity index (χ1) is 15.6. The summed E-state index contributed by atoms with van der Waals surface area (Å²) in [6, 6.07) is 6.94. The number of benzene rings is 2. The van der Waals surface area contributed by atoms with E-state index < -0.39 is 22.9 Å². The molecule has 1 heterocycles. The molecule has 1 fully saturated rings. The molecule has 1 N–H and O–H groups in total. The van der Waals surface area contributed by atoms with Gasteiger partial charge in [-0.15, -0.1) is 0 Å². The molecule has 0 unspecified atom stereocenters. The molecule has 3 rings (SSSR count). The molecule has 0 spiro atoms. The molecule has 0 aromatic heterocycles. The highest BCUT2D eigenvalue weighted by Crippen LogP contribution is 2.34. The number of halogens is 3. The Morgan fingerprint density at radius 1 is 1.18 bits per heavy atom. The summed E-state index contributed by atoms with van der Waals surface area (Å²) in [5, 5.41) is 14.8. The maximum Gasteiger partial charge on any atom is 0.339 e. The fourth-order valence-electron chi connectivity index (χ4n) is 3.61. The number of amides is 1. The van der Waals surface area contributed by atoms with Crippen LogP contribution in [0.15, 0.2) is 30.3 Å². The molecular weight excluding hydrogens is 493 g/mol. The first kappa shape index (κ1) is 25.1. The lowest BCUT2D eigenvalue weighted by atomic mass is 9.99. The average Bonchev–Trinajstić information content (AvgIpc) is 2.76. The van der Waals surface area contributed by atoms with E-state index in [1.165, 1.54) is 31.2 Å². The van der Waals surface area contributed by atoms with Crippen LogP contribution in [0, 0.1) is 16.0 Å². The summed E-state index contributed by atoms with van der Waals surface area (Å²) in [7, 11) is 0. The van der Waals surface area contributed by atoms with E-state index in [1.807, 2.05) is 4.90 Å². The van der Waals surface area contributed by atoms with E-state index in [9.17, 15) is 19.7 Å². The van der Waals surface area contributed by atoms with Crippen molar-refractivity contribution in [1.82, 2.24) is 0 Å². The number of nitrogens with one attached hydrogen (secondary N) is 1. The Balaban J connectivity index is 1.72. The van der Waals surface area contributed by atoms with Gasteiger partial charge in [-0.05, 0) is 49.9 Å². The molecule has 11 heteroatoms. The fraction of sp³-hybridized carbons (Fsp3) is 0.364. The van der Waals surface area contributed by atoms with Crippen molar-refractivity contribution in [1.29, 1.82) is 0 Å². The lowest BCUT2D eigenvalue weighted by Gasteiger charge is -2.32. The van der Waals surface area contributed by atoms with E-state index in [2.05, 4.69) is 12.2 Å². The zero-order valence-corrected chi connectivity index (χ0v) is 20.2. The molecular formula is C22H22Cl3N3O5. The summed E-state index contributed by atoms with van der Waals surface area (Å²) in [6.07, 6.45) is 0.810. The Morgan fingerprint density at radius 3 is 2.55 bits per heavy atom. The first-order valence-electron chi connectivity index (χ1n) is 10.3.